The van der Waals surface area contributed by atoms with Crippen LogP contribution in [-0.4, -0.2) is 29.6 Å². The van der Waals surface area contributed by atoms with E-state index in [4.69, 9.17) is 22.1 Å². The molecule has 1 fully saturated rings. The topological polar surface area (TPSA) is 77.6 Å². The fourth-order valence-electron chi connectivity index (χ4n) is 3.56. The SMILES string of the molecule is NC1=N[C@](CF)(c2cc(CC(=O)c3ccc(Cl)cn3)ccc2F)[C@H]2C[C@H]2O1. The second-order valence-electron chi connectivity index (χ2n) is 6.78. The number of benzene rings is 1. The Morgan fingerprint density at radius 3 is 2.89 bits per heavy atom. The normalized spacial score (nSPS) is 26.0. The first kappa shape index (κ1) is 17.9. The van der Waals surface area contributed by atoms with Crippen molar-refractivity contribution in [3.63, 3.8) is 0 Å². The smallest absolute Gasteiger partial charge is 0.283 e. The van der Waals surface area contributed by atoms with Gasteiger partial charge in [0.05, 0.1) is 5.02 Å². The van der Waals surface area contributed by atoms with Gasteiger partial charge in [-0.1, -0.05) is 17.7 Å². The van der Waals surface area contributed by atoms with Gasteiger partial charge in [-0.2, -0.15) is 0 Å². The Labute approximate surface area is 159 Å². The van der Waals surface area contributed by atoms with E-state index in [1.54, 1.807) is 6.07 Å². The number of rotatable bonds is 5. The lowest BCUT2D eigenvalue weighted by Crippen LogP contribution is -2.39. The molecule has 2 aromatic rings. The van der Waals surface area contributed by atoms with Crippen molar-refractivity contribution in [3.05, 3.63) is 64.2 Å². The van der Waals surface area contributed by atoms with Crippen molar-refractivity contribution in [3.8, 4) is 0 Å². The Balaban J connectivity index is 1.66. The van der Waals surface area contributed by atoms with Gasteiger partial charge in [-0.3, -0.25) is 9.78 Å². The molecule has 2 heterocycles. The van der Waals surface area contributed by atoms with E-state index in [9.17, 15) is 13.6 Å². The van der Waals surface area contributed by atoms with E-state index in [0.717, 1.165) is 0 Å². The summed E-state index contributed by atoms with van der Waals surface area (Å²) in [5.74, 6) is -1.11. The van der Waals surface area contributed by atoms with Crippen LogP contribution in [0.15, 0.2) is 41.5 Å². The van der Waals surface area contributed by atoms with Crippen molar-refractivity contribution in [2.24, 2.45) is 16.6 Å². The molecule has 8 heteroatoms. The number of hydrogen-bond donors (Lipinski definition) is 1. The summed E-state index contributed by atoms with van der Waals surface area (Å²) in [5, 5.41) is 0.425. The predicted octanol–water partition coefficient (Wildman–Crippen LogP) is 3.20. The van der Waals surface area contributed by atoms with Crippen LogP contribution in [0, 0.1) is 11.7 Å². The van der Waals surface area contributed by atoms with Crippen LogP contribution in [0.3, 0.4) is 0 Å². The third-order valence-corrected chi connectivity index (χ3v) is 5.23. The van der Waals surface area contributed by atoms with E-state index in [-0.39, 0.29) is 41.5 Å². The number of alkyl halides is 1. The molecule has 3 atom stereocenters. The number of ether oxygens (including phenoxy) is 1. The van der Waals surface area contributed by atoms with Crippen molar-refractivity contribution >= 4 is 23.4 Å². The van der Waals surface area contributed by atoms with Gasteiger partial charge >= 0.3 is 0 Å². The molecule has 140 valence electrons. The van der Waals surface area contributed by atoms with Crippen LogP contribution in [-0.2, 0) is 16.7 Å². The third kappa shape index (κ3) is 3.16. The van der Waals surface area contributed by atoms with Gasteiger partial charge in [-0.05, 0) is 36.2 Å². The quantitative estimate of drug-likeness (QED) is 0.794. The number of carbonyl (C=O) groups excluding carboxylic acids is 1. The van der Waals surface area contributed by atoms with Gasteiger partial charge in [0.2, 0.25) is 0 Å². The van der Waals surface area contributed by atoms with Crippen molar-refractivity contribution in [1.82, 2.24) is 4.98 Å². The van der Waals surface area contributed by atoms with Gasteiger partial charge < -0.3 is 10.5 Å². The van der Waals surface area contributed by atoms with Crippen molar-refractivity contribution in [1.29, 1.82) is 0 Å². The molecule has 1 aliphatic carbocycles. The molecule has 0 radical (unpaired) electrons. The van der Waals surface area contributed by atoms with Gasteiger partial charge in [0.1, 0.15) is 29.8 Å². The molecule has 1 aromatic heterocycles. The predicted molar refractivity (Wildman–Crippen MR) is 95.9 cm³/mol. The second kappa shape index (κ2) is 6.56. The summed E-state index contributed by atoms with van der Waals surface area (Å²) in [6.45, 7) is -0.898. The Hall–Kier alpha value is -2.54. The molecular formula is C19H16ClF2N3O2. The Bertz CT molecular complexity index is 935. The first-order valence-corrected chi connectivity index (χ1v) is 8.82. The van der Waals surface area contributed by atoms with Gasteiger partial charge in [-0.25, -0.2) is 13.8 Å². The Morgan fingerprint density at radius 2 is 2.19 bits per heavy atom. The first-order chi connectivity index (χ1) is 12.9. The molecule has 2 N–H and O–H groups in total. The van der Waals surface area contributed by atoms with Crippen LogP contribution < -0.4 is 5.73 Å². The molecule has 0 unspecified atom stereocenters. The zero-order chi connectivity index (χ0) is 19.2. The monoisotopic (exact) mass is 391 g/mol. The molecule has 0 bridgehead atoms. The standard InChI is InChI=1S/C19H16ClF2N3O2/c20-11-2-4-15(24-8-11)16(26)6-10-1-3-14(22)12(5-10)19(9-21)13-7-17(13)27-18(23)25-19/h1-5,8,13,17H,6-7,9H2,(H2,23,25)/t13-,17+,19+/m0/s1. The fourth-order valence-corrected chi connectivity index (χ4v) is 3.67. The summed E-state index contributed by atoms with van der Waals surface area (Å²) in [6.07, 6.45) is 1.69. The highest BCUT2D eigenvalue weighted by Gasteiger charge is 2.60. The van der Waals surface area contributed by atoms with Gasteiger partial charge in [-0.15, -0.1) is 0 Å². The molecule has 0 amide bonds. The van der Waals surface area contributed by atoms with Crippen LogP contribution in [0.2, 0.25) is 5.02 Å². The number of pyridine rings is 1. The lowest BCUT2D eigenvalue weighted by atomic mass is 9.84. The Kier molecular flexibility index (Phi) is 4.34. The summed E-state index contributed by atoms with van der Waals surface area (Å²) in [4.78, 5) is 20.5. The van der Waals surface area contributed by atoms with Crippen LogP contribution in [0.5, 0.6) is 0 Å². The number of ketones is 1. The molecule has 4 rings (SSSR count). The molecule has 0 spiro atoms. The van der Waals surface area contributed by atoms with Gasteiger partial charge in [0, 0.05) is 24.1 Å². The third-order valence-electron chi connectivity index (χ3n) is 5.01. The van der Waals surface area contributed by atoms with Crippen LogP contribution in [0.1, 0.15) is 28.0 Å². The summed E-state index contributed by atoms with van der Waals surface area (Å²) < 4.78 is 34.0. The maximum Gasteiger partial charge on any atom is 0.283 e. The minimum atomic E-state index is -1.41. The molecule has 2 aliphatic rings. The zero-order valence-electron chi connectivity index (χ0n) is 14.2. The van der Waals surface area contributed by atoms with Gasteiger partial charge in [0.15, 0.2) is 5.78 Å². The average molecular weight is 392 g/mol. The van der Waals surface area contributed by atoms with Crippen LogP contribution >= 0.6 is 11.6 Å². The zero-order valence-corrected chi connectivity index (χ0v) is 14.9. The highest BCUT2D eigenvalue weighted by atomic mass is 35.5. The number of nitrogens with zero attached hydrogens (tertiary/aromatic N) is 2. The first-order valence-electron chi connectivity index (χ1n) is 8.44. The number of Topliss-reactive ketones (excluding diaryl/α,β-unsaturated/α-hetero) is 1. The number of fused-ring (bicyclic) bond motifs is 1. The number of hydrogen-bond acceptors (Lipinski definition) is 5. The van der Waals surface area contributed by atoms with Crippen molar-refractivity contribution in [2.75, 3.05) is 6.67 Å². The highest BCUT2D eigenvalue weighted by Crippen LogP contribution is 2.53. The maximum absolute atomic E-state index is 14.6. The Morgan fingerprint density at radius 1 is 1.37 bits per heavy atom. The van der Waals surface area contributed by atoms with Crippen molar-refractivity contribution < 1.29 is 18.3 Å². The van der Waals surface area contributed by atoms with E-state index in [1.165, 1.54) is 30.5 Å². The number of amidine groups is 1. The summed E-state index contributed by atoms with van der Waals surface area (Å²) in [5.41, 5.74) is 5.14. The minimum absolute atomic E-state index is 0.00588. The minimum Gasteiger partial charge on any atom is -0.462 e. The molecule has 1 aromatic carbocycles. The number of aliphatic imine (C=N–C) groups is 1. The summed E-state index contributed by atoms with van der Waals surface area (Å²) in [6, 6.07) is 7.16. The van der Waals surface area contributed by atoms with Crippen LogP contribution in [0.4, 0.5) is 8.78 Å². The maximum atomic E-state index is 14.6. The highest BCUT2D eigenvalue weighted by molar-refractivity contribution is 6.30. The molecule has 27 heavy (non-hydrogen) atoms. The number of nitrogens with two attached hydrogens (primary N) is 1. The molecule has 1 aliphatic heterocycles. The molecule has 0 saturated heterocycles. The largest absolute Gasteiger partial charge is 0.462 e. The lowest BCUT2D eigenvalue weighted by Gasteiger charge is -2.31. The van der Waals surface area contributed by atoms with E-state index in [2.05, 4.69) is 9.98 Å². The second-order valence-corrected chi connectivity index (χ2v) is 7.22. The molecule has 1 saturated carbocycles. The molecular weight excluding hydrogens is 376 g/mol. The van der Waals surface area contributed by atoms with Crippen molar-refractivity contribution in [2.45, 2.75) is 24.5 Å². The van der Waals surface area contributed by atoms with E-state index >= 15 is 0 Å². The number of halogens is 3. The average Bonchev–Trinajstić information content (AvgIpc) is 3.43. The van der Waals surface area contributed by atoms with E-state index < -0.39 is 18.0 Å². The summed E-state index contributed by atoms with van der Waals surface area (Å²) >= 11 is 5.78. The fraction of sp³-hybridized carbons (Fsp3) is 0.316. The lowest BCUT2D eigenvalue weighted by molar-refractivity contribution is 0.0988. The van der Waals surface area contributed by atoms with E-state index in [0.29, 0.717) is 17.0 Å². The van der Waals surface area contributed by atoms with Crippen LogP contribution in [0.25, 0.3) is 0 Å². The molecule has 5 nitrogen and oxygen atoms in total. The number of carbonyl (C=O) groups is 1. The van der Waals surface area contributed by atoms with E-state index in [1.807, 2.05) is 0 Å². The van der Waals surface area contributed by atoms with Gasteiger partial charge in [0.25, 0.3) is 6.02 Å². The summed E-state index contributed by atoms with van der Waals surface area (Å²) in [7, 11) is 0. The number of aromatic nitrogens is 1.